The second kappa shape index (κ2) is 12.0. The summed E-state index contributed by atoms with van der Waals surface area (Å²) in [5, 5.41) is 0. The zero-order valence-electron chi connectivity index (χ0n) is 18.6. The molecule has 0 amide bonds. The lowest BCUT2D eigenvalue weighted by Crippen LogP contribution is -2.44. The standard InChI is InChI=1S/C23H41N5O/c1-19(2)14-22-15-23(26-25-22)18-28(16-20-4-8-24-9-5-20)17-21-6-10-27(11-7-21)12-13-29-3/h4-5,8-9,19,21-23,25-26H,6-7,10-18H2,1-3H3. The molecule has 0 saturated carbocycles. The Morgan fingerprint density at radius 1 is 1.14 bits per heavy atom. The molecule has 29 heavy (non-hydrogen) atoms. The Morgan fingerprint density at radius 3 is 2.55 bits per heavy atom. The van der Waals surface area contributed by atoms with Gasteiger partial charge in [0.15, 0.2) is 0 Å². The predicted molar refractivity (Wildman–Crippen MR) is 118 cm³/mol. The van der Waals surface area contributed by atoms with Crippen molar-refractivity contribution in [2.75, 3.05) is 46.4 Å². The first-order chi connectivity index (χ1) is 14.1. The van der Waals surface area contributed by atoms with Crippen molar-refractivity contribution in [2.45, 2.75) is 58.2 Å². The van der Waals surface area contributed by atoms with Crippen molar-refractivity contribution in [1.82, 2.24) is 25.6 Å². The van der Waals surface area contributed by atoms with Crippen molar-refractivity contribution in [3.05, 3.63) is 30.1 Å². The van der Waals surface area contributed by atoms with E-state index < -0.39 is 0 Å². The van der Waals surface area contributed by atoms with E-state index in [1.54, 1.807) is 7.11 Å². The molecule has 2 aliphatic heterocycles. The molecule has 3 rings (SSSR count). The molecular formula is C23H41N5O. The minimum atomic E-state index is 0.530. The van der Waals surface area contributed by atoms with Gasteiger partial charge in [-0.05, 0) is 68.3 Å². The Kier molecular flexibility index (Phi) is 9.34. The largest absolute Gasteiger partial charge is 0.383 e. The number of piperidine rings is 1. The number of nitrogens with zero attached hydrogens (tertiary/aromatic N) is 3. The molecular weight excluding hydrogens is 362 g/mol. The second-order valence-corrected chi connectivity index (χ2v) is 9.38. The minimum absolute atomic E-state index is 0.530. The molecule has 0 bridgehead atoms. The van der Waals surface area contributed by atoms with Crippen LogP contribution in [0.2, 0.25) is 0 Å². The number of aromatic nitrogens is 1. The molecule has 6 nitrogen and oxygen atoms in total. The van der Waals surface area contributed by atoms with E-state index in [2.05, 4.69) is 51.6 Å². The van der Waals surface area contributed by atoms with Gasteiger partial charge in [0.25, 0.3) is 0 Å². The zero-order valence-corrected chi connectivity index (χ0v) is 18.6. The van der Waals surface area contributed by atoms with Crippen molar-refractivity contribution in [2.24, 2.45) is 11.8 Å². The van der Waals surface area contributed by atoms with Gasteiger partial charge in [0.1, 0.15) is 0 Å². The molecule has 3 heterocycles. The zero-order chi connectivity index (χ0) is 20.5. The van der Waals surface area contributed by atoms with Gasteiger partial charge in [-0.25, -0.2) is 0 Å². The van der Waals surface area contributed by atoms with Crippen LogP contribution in [-0.2, 0) is 11.3 Å². The van der Waals surface area contributed by atoms with Crippen LogP contribution in [0.5, 0.6) is 0 Å². The van der Waals surface area contributed by atoms with E-state index in [0.717, 1.165) is 38.1 Å². The van der Waals surface area contributed by atoms with Crippen LogP contribution in [-0.4, -0.2) is 73.3 Å². The number of hydrogen-bond donors (Lipinski definition) is 2. The summed E-state index contributed by atoms with van der Waals surface area (Å²) >= 11 is 0. The lowest BCUT2D eigenvalue weighted by molar-refractivity contribution is 0.103. The van der Waals surface area contributed by atoms with Crippen molar-refractivity contribution in [1.29, 1.82) is 0 Å². The second-order valence-electron chi connectivity index (χ2n) is 9.38. The highest BCUT2D eigenvalue weighted by Crippen LogP contribution is 2.21. The fourth-order valence-electron chi connectivity index (χ4n) is 4.78. The van der Waals surface area contributed by atoms with Gasteiger partial charge in [-0.1, -0.05) is 13.8 Å². The molecule has 0 spiro atoms. The molecule has 164 valence electrons. The van der Waals surface area contributed by atoms with Gasteiger partial charge in [-0.3, -0.25) is 20.7 Å². The van der Waals surface area contributed by atoms with Crippen LogP contribution in [0.25, 0.3) is 0 Å². The SMILES string of the molecule is COCCN1CCC(CN(Cc2ccncc2)CC2CC(CC(C)C)NN2)CC1. The Bertz CT molecular complexity index is 562. The fourth-order valence-corrected chi connectivity index (χ4v) is 4.78. The Hall–Kier alpha value is -1.05. The van der Waals surface area contributed by atoms with Crippen LogP contribution < -0.4 is 10.9 Å². The number of nitrogens with one attached hydrogen (secondary N) is 2. The third-order valence-corrected chi connectivity index (χ3v) is 6.29. The van der Waals surface area contributed by atoms with E-state index in [1.165, 1.54) is 50.9 Å². The Balaban J connectivity index is 1.52. The normalized spacial score (nSPS) is 24.0. The number of methoxy groups -OCH3 is 1. The number of hydrazine groups is 1. The van der Waals surface area contributed by atoms with E-state index in [0.29, 0.717) is 12.1 Å². The molecule has 2 unspecified atom stereocenters. The van der Waals surface area contributed by atoms with Crippen LogP contribution in [0.1, 0.15) is 45.1 Å². The van der Waals surface area contributed by atoms with E-state index >= 15 is 0 Å². The Morgan fingerprint density at radius 2 is 1.86 bits per heavy atom. The molecule has 0 radical (unpaired) electrons. The Labute approximate surface area is 177 Å². The molecule has 2 fully saturated rings. The topological polar surface area (TPSA) is 52.7 Å². The van der Waals surface area contributed by atoms with Crippen LogP contribution in [0, 0.1) is 11.8 Å². The van der Waals surface area contributed by atoms with Crippen molar-refractivity contribution < 1.29 is 4.74 Å². The average Bonchev–Trinajstić information content (AvgIpc) is 3.14. The summed E-state index contributed by atoms with van der Waals surface area (Å²) in [6.07, 6.45) is 8.88. The summed E-state index contributed by atoms with van der Waals surface area (Å²) < 4.78 is 5.24. The predicted octanol–water partition coefficient (Wildman–Crippen LogP) is 2.52. The maximum atomic E-state index is 5.24. The maximum absolute atomic E-state index is 5.24. The molecule has 2 aliphatic rings. The van der Waals surface area contributed by atoms with E-state index in [-0.39, 0.29) is 0 Å². The third kappa shape index (κ3) is 7.95. The monoisotopic (exact) mass is 403 g/mol. The van der Waals surface area contributed by atoms with Gasteiger partial charge in [0.05, 0.1) is 6.61 Å². The molecule has 0 aromatic carbocycles. The number of pyridine rings is 1. The summed E-state index contributed by atoms with van der Waals surface area (Å²) in [5.41, 5.74) is 8.46. The van der Waals surface area contributed by atoms with Gasteiger partial charge >= 0.3 is 0 Å². The molecule has 0 aliphatic carbocycles. The van der Waals surface area contributed by atoms with Crippen LogP contribution in [0.15, 0.2) is 24.5 Å². The lowest BCUT2D eigenvalue weighted by atomic mass is 9.95. The lowest BCUT2D eigenvalue weighted by Gasteiger charge is -2.35. The van der Waals surface area contributed by atoms with Crippen molar-refractivity contribution in [3.63, 3.8) is 0 Å². The van der Waals surface area contributed by atoms with Crippen LogP contribution >= 0.6 is 0 Å². The summed E-state index contributed by atoms with van der Waals surface area (Å²) in [6, 6.07) is 5.44. The van der Waals surface area contributed by atoms with Gasteiger partial charge < -0.3 is 9.64 Å². The van der Waals surface area contributed by atoms with Gasteiger partial charge in [-0.2, -0.15) is 0 Å². The number of rotatable bonds is 11. The van der Waals surface area contributed by atoms with E-state index in [1.807, 2.05) is 12.4 Å². The van der Waals surface area contributed by atoms with Gasteiger partial charge in [0, 0.05) is 57.8 Å². The summed E-state index contributed by atoms with van der Waals surface area (Å²) in [5.74, 6) is 1.53. The minimum Gasteiger partial charge on any atom is -0.383 e. The summed E-state index contributed by atoms with van der Waals surface area (Å²) in [6.45, 7) is 12.2. The van der Waals surface area contributed by atoms with Crippen molar-refractivity contribution in [3.8, 4) is 0 Å². The molecule has 1 aromatic rings. The first kappa shape index (κ1) is 22.6. The first-order valence-electron chi connectivity index (χ1n) is 11.5. The first-order valence-corrected chi connectivity index (χ1v) is 11.5. The average molecular weight is 404 g/mol. The van der Waals surface area contributed by atoms with Gasteiger partial charge in [0.2, 0.25) is 0 Å². The molecule has 2 N–H and O–H groups in total. The fraction of sp³-hybridized carbons (Fsp3) is 0.783. The van der Waals surface area contributed by atoms with E-state index in [9.17, 15) is 0 Å². The number of hydrogen-bond acceptors (Lipinski definition) is 6. The third-order valence-electron chi connectivity index (χ3n) is 6.29. The quantitative estimate of drug-likeness (QED) is 0.592. The number of ether oxygens (including phenoxy) is 1. The van der Waals surface area contributed by atoms with Gasteiger partial charge in [-0.15, -0.1) is 0 Å². The number of likely N-dealkylation sites (tertiary alicyclic amines) is 1. The summed E-state index contributed by atoms with van der Waals surface area (Å²) in [4.78, 5) is 9.40. The molecule has 1 aromatic heterocycles. The maximum Gasteiger partial charge on any atom is 0.0589 e. The highest BCUT2D eigenvalue weighted by atomic mass is 16.5. The van der Waals surface area contributed by atoms with Crippen LogP contribution in [0.4, 0.5) is 0 Å². The van der Waals surface area contributed by atoms with Crippen LogP contribution in [0.3, 0.4) is 0 Å². The molecule has 2 saturated heterocycles. The smallest absolute Gasteiger partial charge is 0.0589 e. The highest BCUT2D eigenvalue weighted by molar-refractivity contribution is 5.09. The van der Waals surface area contributed by atoms with Crippen molar-refractivity contribution >= 4 is 0 Å². The highest BCUT2D eigenvalue weighted by Gasteiger charge is 2.28. The molecule has 6 heteroatoms. The molecule has 2 atom stereocenters. The summed E-state index contributed by atoms with van der Waals surface area (Å²) in [7, 11) is 1.79. The van der Waals surface area contributed by atoms with E-state index in [4.69, 9.17) is 4.74 Å².